The molecular formula is C16H14ClIN2O3. The minimum atomic E-state index is -0.266. The monoisotopic (exact) mass is 444 g/mol. The van der Waals surface area contributed by atoms with Crippen molar-refractivity contribution in [3.63, 3.8) is 0 Å². The molecule has 120 valence electrons. The molecular weight excluding hydrogens is 431 g/mol. The second-order valence-corrected chi connectivity index (χ2v) is 6.24. The molecule has 0 atom stereocenters. The van der Waals surface area contributed by atoms with E-state index >= 15 is 0 Å². The van der Waals surface area contributed by atoms with Gasteiger partial charge in [0.05, 0.1) is 12.7 Å². The molecule has 0 bridgehead atoms. The molecule has 0 aliphatic heterocycles. The zero-order chi connectivity index (χ0) is 17.0. The van der Waals surface area contributed by atoms with Crippen molar-refractivity contribution in [1.29, 1.82) is 0 Å². The fourth-order valence-electron chi connectivity index (χ4n) is 1.83. The molecule has 0 aliphatic rings. The molecule has 0 saturated heterocycles. The van der Waals surface area contributed by atoms with Crippen LogP contribution in [0.25, 0.3) is 0 Å². The Kier molecular flexibility index (Phi) is 5.97. The van der Waals surface area contributed by atoms with Crippen molar-refractivity contribution in [3.05, 3.63) is 62.2 Å². The zero-order valence-corrected chi connectivity index (χ0v) is 15.4. The van der Waals surface area contributed by atoms with Crippen LogP contribution >= 0.6 is 34.2 Å². The number of hydrogen-bond donors (Lipinski definition) is 1. The Bertz CT molecular complexity index is 735. The van der Waals surface area contributed by atoms with Gasteiger partial charge in [-0.05, 0) is 65.1 Å². The van der Waals surface area contributed by atoms with Crippen LogP contribution in [0.3, 0.4) is 0 Å². The van der Waals surface area contributed by atoms with Crippen molar-refractivity contribution in [2.45, 2.75) is 0 Å². The maximum Gasteiger partial charge on any atom is 0.277 e. The standard InChI is InChI=1S/C16H14ClIN2O3/c1-20(23-2)16(22)10-3-6-12(7-4-10)19-15(21)13-8-5-11(17)9-14(13)18/h3-9H,1-2H3,(H,19,21). The molecule has 0 fully saturated rings. The number of halogens is 2. The molecule has 0 radical (unpaired) electrons. The minimum absolute atomic E-state index is 0.237. The molecule has 2 aromatic rings. The van der Waals surface area contributed by atoms with Crippen LogP contribution in [0.2, 0.25) is 5.02 Å². The summed E-state index contributed by atoms with van der Waals surface area (Å²) in [6.45, 7) is 0. The molecule has 2 amide bonds. The molecule has 0 heterocycles. The Morgan fingerprint density at radius 3 is 2.39 bits per heavy atom. The summed E-state index contributed by atoms with van der Waals surface area (Å²) in [6.07, 6.45) is 0. The third kappa shape index (κ3) is 4.43. The Morgan fingerprint density at radius 1 is 1.17 bits per heavy atom. The van der Waals surface area contributed by atoms with Gasteiger partial charge >= 0.3 is 0 Å². The predicted molar refractivity (Wildman–Crippen MR) is 97.7 cm³/mol. The van der Waals surface area contributed by atoms with Gasteiger partial charge in [-0.15, -0.1) is 0 Å². The zero-order valence-electron chi connectivity index (χ0n) is 12.5. The summed E-state index contributed by atoms with van der Waals surface area (Å²) in [5.74, 6) is -0.503. The van der Waals surface area contributed by atoms with Crippen molar-refractivity contribution < 1.29 is 14.4 Å². The summed E-state index contributed by atoms with van der Waals surface area (Å²) in [5, 5.41) is 4.49. The molecule has 2 aromatic carbocycles. The van der Waals surface area contributed by atoms with E-state index in [0.717, 1.165) is 8.63 Å². The van der Waals surface area contributed by atoms with E-state index in [4.69, 9.17) is 16.4 Å². The highest BCUT2D eigenvalue weighted by molar-refractivity contribution is 14.1. The van der Waals surface area contributed by atoms with Crippen LogP contribution in [0, 0.1) is 3.57 Å². The third-order valence-electron chi connectivity index (χ3n) is 3.13. The van der Waals surface area contributed by atoms with Crippen LogP contribution in [0.15, 0.2) is 42.5 Å². The number of hydrogen-bond acceptors (Lipinski definition) is 3. The number of benzene rings is 2. The number of nitrogens with zero attached hydrogens (tertiary/aromatic N) is 1. The highest BCUT2D eigenvalue weighted by atomic mass is 127. The first kappa shape index (κ1) is 17.7. The summed E-state index contributed by atoms with van der Waals surface area (Å²) < 4.78 is 0.765. The third-order valence-corrected chi connectivity index (χ3v) is 4.25. The lowest BCUT2D eigenvalue weighted by Crippen LogP contribution is -2.25. The maximum absolute atomic E-state index is 12.3. The quantitative estimate of drug-likeness (QED) is 0.576. The average molecular weight is 445 g/mol. The number of amides is 2. The Labute approximate surface area is 152 Å². The summed E-state index contributed by atoms with van der Waals surface area (Å²) in [5.41, 5.74) is 1.60. The first-order valence-corrected chi connectivity index (χ1v) is 8.06. The molecule has 0 aromatic heterocycles. The van der Waals surface area contributed by atoms with Gasteiger partial charge in [0, 0.05) is 26.9 Å². The van der Waals surface area contributed by atoms with Gasteiger partial charge in [-0.25, -0.2) is 5.06 Å². The average Bonchev–Trinajstić information content (AvgIpc) is 2.54. The van der Waals surface area contributed by atoms with E-state index < -0.39 is 0 Å². The first-order valence-electron chi connectivity index (χ1n) is 6.61. The number of carbonyl (C=O) groups is 2. The molecule has 23 heavy (non-hydrogen) atoms. The maximum atomic E-state index is 12.3. The fourth-order valence-corrected chi connectivity index (χ4v) is 2.95. The van der Waals surface area contributed by atoms with Crippen LogP contribution in [-0.2, 0) is 4.84 Å². The van der Waals surface area contributed by atoms with E-state index in [0.29, 0.717) is 21.8 Å². The lowest BCUT2D eigenvalue weighted by atomic mass is 10.1. The Balaban J connectivity index is 2.11. The van der Waals surface area contributed by atoms with Crippen LogP contribution in [0.5, 0.6) is 0 Å². The van der Waals surface area contributed by atoms with Gasteiger partial charge in [-0.1, -0.05) is 11.6 Å². The predicted octanol–water partition coefficient (Wildman–Crippen LogP) is 3.83. The minimum Gasteiger partial charge on any atom is -0.322 e. The second-order valence-electron chi connectivity index (χ2n) is 4.64. The highest BCUT2D eigenvalue weighted by Gasteiger charge is 2.13. The molecule has 2 rings (SSSR count). The van der Waals surface area contributed by atoms with E-state index in [1.807, 2.05) is 0 Å². The lowest BCUT2D eigenvalue weighted by molar-refractivity contribution is -0.0756. The molecule has 5 nitrogen and oxygen atoms in total. The van der Waals surface area contributed by atoms with Gasteiger partial charge in [0.1, 0.15) is 0 Å². The van der Waals surface area contributed by atoms with E-state index in [9.17, 15) is 9.59 Å². The molecule has 0 saturated carbocycles. The molecule has 1 N–H and O–H groups in total. The van der Waals surface area contributed by atoms with Crippen molar-refractivity contribution in [3.8, 4) is 0 Å². The van der Waals surface area contributed by atoms with Crippen LogP contribution in [-0.4, -0.2) is 31.0 Å². The number of carbonyl (C=O) groups excluding carboxylic acids is 2. The molecule has 0 unspecified atom stereocenters. The normalized spacial score (nSPS) is 10.3. The Hall–Kier alpha value is -1.64. The summed E-state index contributed by atoms with van der Waals surface area (Å²) in [7, 11) is 2.95. The lowest BCUT2D eigenvalue weighted by Gasteiger charge is -2.14. The SMILES string of the molecule is CON(C)C(=O)c1ccc(NC(=O)c2ccc(Cl)cc2I)cc1. The topological polar surface area (TPSA) is 58.6 Å². The van der Waals surface area contributed by atoms with E-state index in [2.05, 4.69) is 27.9 Å². The van der Waals surface area contributed by atoms with Gasteiger partial charge in [0.2, 0.25) is 0 Å². The van der Waals surface area contributed by atoms with Gasteiger partial charge in [0.25, 0.3) is 11.8 Å². The van der Waals surface area contributed by atoms with E-state index in [-0.39, 0.29) is 11.8 Å². The smallest absolute Gasteiger partial charge is 0.277 e. The van der Waals surface area contributed by atoms with Crippen LogP contribution in [0.4, 0.5) is 5.69 Å². The number of nitrogens with one attached hydrogen (secondary N) is 1. The number of hydroxylamine groups is 2. The van der Waals surface area contributed by atoms with Crippen molar-refractivity contribution in [1.82, 2.24) is 5.06 Å². The van der Waals surface area contributed by atoms with Crippen LogP contribution in [0.1, 0.15) is 20.7 Å². The summed E-state index contributed by atoms with van der Waals surface area (Å²) in [4.78, 5) is 29.0. The number of rotatable bonds is 4. The largest absolute Gasteiger partial charge is 0.322 e. The summed E-state index contributed by atoms with van der Waals surface area (Å²) >= 11 is 7.94. The van der Waals surface area contributed by atoms with Gasteiger partial charge in [-0.2, -0.15) is 0 Å². The van der Waals surface area contributed by atoms with Crippen molar-refractivity contribution in [2.75, 3.05) is 19.5 Å². The molecule has 7 heteroatoms. The fraction of sp³-hybridized carbons (Fsp3) is 0.125. The van der Waals surface area contributed by atoms with Gasteiger partial charge in [0.15, 0.2) is 0 Å². The number of anilines is 1. The second kappa shape index (κ2) is 7.76. The Morgan fingerprint density at radius 2 is 1.83 bits per heavy atom. The summed E-state index contributed by atoms with van der Waals surface area (Å²) in [6, 6.07) is 11.6. The highest BCUT2D eigenvalue weighted by Crippen LogP contribution is 2.20. The molecule has 0 spiro atoms. The first-order chi connectivity index (χ1) is 10.9. The van der Waals surface area contributed by atoms with E-state index in [1.165, 1.54) is 14.2 Å². The van der Waals surface area contributed by atoms with Crippen LogP contribution < -0.4 is 5.32 Å². The van der Waals surface area contributed by atoms with E-state index in [1.54, 1.807) is 42.5 Å². The molecule has 0 aliphatic carbocycles. The van der Waals surface area contributed by atoms with Crippen molar-refractivity contribution >= 4 is 51.7 Å². The van der Waals surface area contributed by atoms with Gasteiger partial charge < -0.3 is 5.32 Å². The van der Waals surface area contributed by atoms with Gasteiger partial charge in [-0.3, -0.25) is 14.4 Å². The van der Waals surface area contributed by atoms with Crippen molar-refractivity contribution in [2.24, 2.45) is 0 Å².